The Morgan fingerprint density at radius 1 is 1.47 bits per heavy atom. The lowest BCUT2D eigenvalue weighted by Gasteiger charge is -2.54. The molecule has 0 spiro atoms. The van der Waals surface area contributed by atoms with Gasteiger partial charge in [-0.3, -0.25) is 4.98 Å². The smallest absolute Gasteiger partial charge is 0.0270 e. The summed E-state index contributed by atoms with van der Waals surface area (Å²) in [6.45, 7) is 4.68. The van der Waals surface area contributed by atoms with Gasteiger partial charge in [-0.2, -0.15) is 0 Å². The Morgan fingerprint density at radius 2 is 2.13 bits per heavy atom. The van der Waals surface area contributed by atoms with Crippen LogP contribution in [0.4, 0.5) is 0 Å². The molecule has 0 saturated heterocycles. The molecule has 3 atom stereocenters. The number of rotatable bonds is 3. The second kappa shape index (κ2) is 3.93. The molecular formula is C13H20N2. The van der Waals surface area contributed by atoms with Crippen molar-refractivity contribution in [3.05, 3.63) is 30.1 Å². The van der Waals surface area contributed by atoms with Gasteiger partial charge in [-0.15, -0.1) is 0 Å². The van der Waals surface area contributed by atoms with E-state index in [4.69, 9.17) is 0 Å². The van der Waals surface area contributed by atoms with Crippen molar-refractivity contribution >= 4 is 0 Å². The van der Waals surface area contributed by atoms with Crippen LogP contribution in [-0.2, 0) is 0 Å². The van der Waals surface area contributed by atoms with Crippen LogP contribution in [-0.4, -0.2) is 18.1 Å². The fourth-order valence-electron chi connectivity index (χ4n) is 2.91. The number of pyridine rings is 1. The lowest BCUT2D eigenvalue weighted by Crippen LogP contribution is -2.55. The molecule has 1 aliphatic carbocycles. The molecule has 0 aliphatic heterocycles. The van der Waals surface area contributed by atoms with Crippen LogP contribution < -0.4 is 5.32 Å². The third-order valence-corrected chi connectivity index (χ3v) is 4.28. The van der Waals surface area contributed by atoms with Crippen molar-refractivity contribution in [1.29, 1.82) is 0 Å². The summed E-state index contributed by atoms with van der Waals surface area (Å²) in [5.74, 6) is 0.697. The van der Waals surface area contributed by atoms with E-state index in [-0.39, 0.29) is 0 Å². The predicted molar refractivity (Wildman–Crippen MR) is 62.8 cm³/mol. The molecule has 1 aromatic rings. The van der Waals surface area contributed by atoms with Crippen LogP contribution in [0.25, 0.3) is 0 Å². The molecule has 2 heteroatoms. The van der Waals surface area contributed by atoms with Crippen molar-refractivity contribution in [2.24, 2.45) is 5.41 Å². The SMILES string of the molecule is CCC1(C)C(NC)CC1c1ccncc1. The van der Waals surface area contributed by atoms with E-state index in [1.807, 2.05) is 12.4 Å². The van der Waals surface area contributed by atoms with Crippen LogP contribution in [0.2, 0.25) is 0 Å². The Labute approximate surface area is 92.1 Å². The van der Waals surface area contributed by atoms with Crippen LogP contribution in [0.5, 0.6) is 0 Å². The Kier molecular flexibility index (Phi) is 2.79. The Balaban J connectivity index is 2.20. The minimum atomic E-state index is 0.413. The first-order valence-electron chi connectivity index (χ1n) is 5.79. The summed E-state index contributed by atoms with van der Waals surface area (Å²) in [5, 5.41) is 3.43. The van der Waals surface area contributed by atoms with Crippen molar-refractivity contribution in [3.63, 3.8) is 0 Å². The zero-order chi connectivity index (χ0) is 10.9. The topological polar surface area (TPSA) is 24.9 Å². The zero-order valence-corrected chi connectivity index (χ0v) is 9.83. The molecule has 1 N–H and O–H groups in total. The highest BCUT2D eigenvalue weighted by atomic mass is 14.9. The van der Waals surface area contributed by atoms with E-state index in [0.717, 1.165) is 0 Å². The Bertz CT molecular complexity index is 323. The van der Waals surface area contributed by atoms with Crippen molar-refractivity contribution in [3.8, 4) is 0 Å². The molecule has 1 heterocycles. The van der Waals surface area contributed by atoms with Gasteiger partial charge in [0.25, 0.3) is 0 Å². The summed E-state index contributed by atoms with van der Waals surface area (Å²) in [6.07, 6.45) is 6.28. The number of hydrogen-bond donors (Lipinski definition) is 1. The average molecular weight is 204 g/mol. The maximum absolute atomic E-state index is 4.08. The molecule has 0 aromatic carbocycles. The summed E-state index contributed by atoms with van der Waals surface area (Å²) in [5.41, 5.74) is 1.86. The normalized spacial score (nSPS) is 34.9. The van der Waals surface area contributed by atoms with E-state index in [1.165, 1.54) is 18.4 Å². The number of nitrogens with zero attached hydrogens (tertiary/aromatic N) is 1. The quantitative estimate of drug-likeness (QED) is 0.818. The minimum Gasteiger partial charge on any atom is -0.316 e. The maximum Gasteiger partial charge on any atom is 0.0270 e. The molecule has 0 amide bonds. The highest BCUT2D eigenvalue weighted by molar-refractivity contribution is 5.25. The summed E-state index contributed by atoms with van der Waals surface area (Å²) < 4.78 is 0. The molecule has 1 aromatic heterocycles. The lowest BCUT2D eigenvalue weighted by molar-refractivity contribution is 0.0494. The largest absolute Gasteiger partial charge is 0.316 e. The summed E-state index contributed by atoms with van der Waals surface area (Å²) in [6, 6.07) is 4.98. The number of aromatic nitrogens is 1. The van der Waals surface area contributed by atoms with Crippen molar-refractivity contribution in [2.45, 2.75) is 38.6 Å². The van der Waals surface area contributed by atoms with Gasteiger partial charge in [0, 0.05) is 18.4 Å². The Morgan fingerprint density at radius 3 is 2.67 bits per heavy atom. The monoisotopic (exact) mass is 204 g/mol. The van der Waals surface area contributed by atoms with Gasteiger partial charge in [0.1, 0.15) is 0 Å². The average Bonchev–Trinajstić information content (AvgIpc) is 2.28. The van der Waals surface area contributed by atoms with E-state index in [0.29, 0.717) is 17.4 Å². The van der Waals surface area contributed by atoms with Gasteiger partial charge in [-0.05, 0) is 48.9 Å². The first-order valence-corrected chi connectivity index (χ1v) is 5.79. The highest BCUT2D eigenvalue weighted by Gasteiger charge is 2.49. The second-order valence-electron chi connectivity index (χ2n) is 4.77. The molecule has 0 bridgehead atoms. The predicted octanol–water partition coefficient (Wildman–Crippen LogP) is 2.57. The van der Waals surface area contributed by atoms with Crippen LogP contribution in [0.1, 0.15) is 38.2 Å². The highest BCUT2D eigenvalue weighted by Crippen LogP contribution is 2.54. The third kappa shape index (κ3) is 1.57. The molecule has 1 aliphatic rings. The number of nitrogens with one attached hydrogen (secondary N) is 1. The summed E-state index contributed by atoms with van der Waals surface area (Å²) in [4.78, 5) is 4.08. The van der Waals surface area contributed by atoms with Gasteiger partial charge in [-0.25, -0.2) is 0 Å². The number of hydrogen-bond acceptors (Lipinski definition) is 2. The van der Waals surface area contributed by atoms with Crippen molar-refractivity contribution < 1.29 is 0 Å². The first-order chi connectivity index (χ1) is 7.22. The van der Waals surface area contributed by atoms with Gasteiger partial charge in [0.15, 0.2) is 0 Å². The van der Waals surface area contributed by atoms with E-state index >= 15 is 0 Å². The van der Waals surface area contributed by atoms with E-state index in [9.17, 15) is 0 Å². The standard InChI is InChI=1S/C13H20N2/c1-4-13(2)11(9-12(13)14-3)10-5-7-15-8-6-10/h5-8,11-12,14H,4,9H2,1-3H3. The molecule has 2 rings (SSSR count). The molecule has 3 unspecified atom stereocenters. The third-order valence-electron chi connectivity index (χ3n) is 4.28. The van der Waals surface area contributed by atoms with Gasteiger partial charge < -0.3 is 5.32 Å². The van der Waals surface area contributed by atoms with Crippen LogP contribution in [0, 0.1) is 5.41 Å². The fourth-order valence-corrected chi connectivity index (χ4v) is 2.91. The molecule has 1 saturated carbocycles. The Hall–Kier alpha value is -0.890. The van der Waals surface area contributed by atoms with Gasteiger partial charge >= 0.3 is 0 Å². The van der Waals surface area contributed by atoms with Crippen LogP contribution in [0.15, 0.2) is 24.5 Å². The molecular weight excluding hydrogens is 184 g/mol. The molecule has 0 radical (unpaired) electrons. The fraction of sp³-hybridized carbons (Fsp3) is 0.615. The molecule has 82 valence electrons. The van der Waals surface area contributed by atoms with Gasteiger partial charge in [-0.1, -0.05) is 13.8 Å². The first kappa shape index (κ1) is 10.6. The van der Waals surface area contributed by atoms with Crippen LogP contribution in [0.3, 0.4) is 0 Å². The van der Waals surface area contributed by atoms with E-state index < -0.39 is 0 Å². The van der Waals surface area contributed by atoms with Crippen molar-refractivity contribution in [1.82, 2.24) is 10.3 Å². The zero-order valence-electron chi connectivity index (χ0n) is 9.83. The van der Waals surface area contributed by atoms with Gasteiger partial charge in [0.05, 0.1) is 0 Å². The molecule has 1 fully saturated rings. The lowest BCUT2D eigenvalue weighted by atomic mass is 9.54. The summed E-state index contributed by atoms with van der Waals surface area (Å²) >= 11 is 0. The van der Waals surface area contributed by atoms with E-state index in [2.05, 4.69) is 43.3 Å². The second-order valence-corrected chi connectivity index (χ2v) is 4.77. The molecule has 2 nitrogen and oxygen atoms in total. The summed E-state index contributed by atoms with van der Waals surface area (Å²) in [7, 11) is 2.07. The van der Waals surface area contributed by atoms with E-state index in [1.54, 1.807) is 0 Å². The maximum atomic E-state index is 4.08. The van der Waals surface area contributed by atoms with Crippen molar-refractivity contribution in [2.75, 3.05) is 7.05 Å². The van der Waals surface area contributed by atoms with Gasteiger partial charge in [0.2, 0.25) is 0 Å². The minimum absolute atomic E-state index is 0.413. The van der Waals surface area contributed by atoms with Crippen LogP contribution >= 0.6 is 0 Å². The molecule has 15 heavy (non-hydrogen) atoms.